The van der Waals surface area contributed by atoms with Crippen LogP contribution >= 0.6 is 0 Å². The third-order valence-corrected chi connectivity index (χ3v) is 5.51. The Morgan fingerprint density at radius 1 is 1.14 bits per heavy atom. The van der Waals surface area contributed by atoms with Gasteiger partial charge in [0.05, 0.1) is 6.61 Å². The van der Waals surface area contributed by atoms with Gasteiger partial charge in [-0.05, 0) is 51.0 Å². The van der Waals surface area contributed by atoms with Gasteiger partial charge in [-0.15, -0.1) is 0 Å². The second kappa shape index (κ2) is 7.94. The summed E-state index contributed by atoms with van der Waals surface area (Å²) in [6.07, 6.45) is 10.4. The number of nitrogens with zero attached hydrogens (tertiary/aromatic N) is 1. The summed E-state index contributed by atoms with van der Waals surface area (Å²) < 4.78 is 0. The van der Waals surface area contributed by atoms with Crippen molar-refractivity contribution in [2.75, 3.05) is 19.7 Å². The molecule has 0 aromatic carbocycles. The number of nitrogens with one attached hydrogen (secondary N) is 1. The predicted molar refractivity (Wildman–Crippen MR) is 89.5 cm³/mol. The molecule has 2 unspecified atom stereocenters. The van der Waals surface area contributed by atoms with Gasteiger partial charge in [0.1, 0.15) is 0 Å². The average Bonchev–Trinajstić information content (AvgIpc) is 2.99. The van der Waals surface area contributed by atoms with Crippen molar-refractivity contribution >= 4 is 0 Å². The zero-order valence-corrected chi connectivity index (χ0v) is 14.4. The van der Waals surface area contributed by atoms with Crippen LogP contribution in [0.2, 0.25) is 0 Å². The molecule has 0 aliphatic heterocycles. The molecule has 0 aromatic heterocycles. The molecule has 0 amide bonds. The van der Waals surface area contributed by atoms with Crippen molar-refractivity contribution in [3.63, 3.8) is 0 Å². The molecular formula is C18H36N2O. The Kier molecular flexibility index (Phi) is 6.51. The van der Waals surface area contributed by atoms with E-state index in [1.165, 1.54) is 45.1 Å². The Hall–Kier alpha value is -0.120. The van der Waals surface area contributed by atoms with Crippen LogP contribution in [0.3, 0.4) is 0 Å². The van der Waals surface area contributed by atoms with E-state index in [9.17, 15) is 5.11 Å². The van der Waals surface area contributed by atoms with Crippen LogP contribution in [0.25, 0.3) is 0 Å². The summed E-state index contributed by atoms with van der Waals surface area (Å²) in [5, 5.41) is 13.5. The number of hydrogen-bond donors (Lipinski definition) is 2. The number of aliphatic hydroxyl groups excluding tert-OH is 1. The summed E-state index contributed by atoms with van der Waals surface area (Å²) in [5.41, 5.74) is -0.0223. The Morgan fingerprint density at radius 2 is 1.81 bits per heavy atom. The van der Waals surface area contributed by atoms with Crippen LogP contribution in [0, 0.1) is 5.92 Å². The zero-order chi connectivity index (χ0) is 15.3. The van der Waals surface area contributed by atoms with Gasteiger partial charge in [-0.2, -0.15) is 0 Å². The standard InChI is InChI=1S/C18H36N2O/c1-4-19-18(14-21)11-7-10-17(12-18)20(13-15(2)3)16-8-5-6-9-16/h15-17,19,21H,4-14H2,1-3H3. The minimum atomic E-state index is -0.0223. The summed E-state index contributed by atoms with van der Waals surface area (Å²) in [6.45, 7) is 9.31. The molecule has 3 heteroatoms. The minimum Gasteiger partial charge on any atom is -0.394 e. The lowest BCUT2D eigenvalue weighted by molar-refractivity contribution is 0.0336. The fourth-order valence-corrected chi connectivity index (χ4v) is 4.60. The van der Waals surface area contributed by atoms with Crippen molar-refractivity contribution in [1.82, 2.24) is 10.2 Å². The molecule has 3 nitrogen and oxygen atoms in total. The molecule has 2 saturated carbocycles. The molecule has 2 aliphatic carbocycles. The predicted octanol–water partition coefficient (Wildman–Crippen LogP) is 3.17. The Labute approximate surface area is 131 Å². The van der Waals surface area contributed by atoms with Crippen LogP contribution in [-0.2, 0) is 0 Å². The summed E-state index contributed by atoms with van der Waals surface area (Å²) in [6, 6.07) is 1.46. The van der Waals surface area contributed by atoms with Crippen LogP contribution in [0.15, 0.2) is 0 Å². The van der Waals surface area contributed by atoms with Crippen molar-refractivity contribution in [3.05, 3.63) is 0 Å². The molecule has 0 saturated heterocycles. The normalized spacial score (nSPS) is 31.4. The van der Waals surface area contributed by atoms with Gasteiger partial charge in [-0.25, -0.2) is 0 Å². The lowest BCUT2D eigenvalue weighted by Gasteiger charge is -2.47. The van der Waals surface area contributed by atoms with Crippen LogP contribution < -0.4 is 5.32 Å². The molecule has 0 spiro atoms. The van der Waals surface area contributed by atoms with Gasteiger partial charge in [0.25, 0.3) is 0 Å². The molecule has 2 atom stereocenters. The molecule has 2 N–H and O–H groups in total. The van der Waals surface area contributed by atoms with E-state index >= 15 is 0 Å². The third kappa shape index (κ3) is 4.43. The van der Waals surface area contributed by atoms with E-state index in [1.807, 2.05) is 0 Å². The lowest BCUT2D eigenvalue weighted by atomic mass is 9.78. The van der Waals surface area contributed by atoms with Gasteiger partial charge < -0.3 is 10.4 Å². The molecular weight excluding hydrogens is 260 g/mol. The number of aliphatic hydroxyl groups is 1. The van der Waals surface area contributed by atoms with E-state index < -0.39 is 0 Å². The van der Waals surface area contributed by atoms with Crippen molar-refractivity contribution in [1.29, 1.82) is 0 Å². The van der Waals surface area contributed by atoms with Gasteiger partial charge in [0, 0.05) is 24.2 Å². The second-order valence-corrected chi connectivity index (χ2v) is 7.75. The fourth-order valence-electron chi connectivity index (χ4n) is 4.60. The van der Waals surface area contributed by atoms with E-state index in [0.29, 0.717) is 6.04 Å². The first kappa shape index (κ1) is 17.2. The monoisotopic (exact) mass is 296 g/mol. The summed E-state index contributed by atoms with van der Waals surface area (Å²) >= 11 is 0. The topological polar surface area (TPSA) is 35.5 Å². The maximum Gasteiger partial charge on any atom is 0.0613 e. The van der Waals surface area contributed by atoms with Gasteiger partial charge >= 0.3 is 0 Å². The summed E-state index contributed by atoms with van der Waals surface area (Å²) in [4.78, 5) is 2.82. The van der Waals surface area contributed by atoms with Crippen molar-refractivity contribution < 1.29 is 5.11 Å². The number of rotatable bonds is 7. The SMILES string of the molecule is CCNC1(CO)CCCC(N(CC(C)C)C2CCCC2)C1. The Morgan fingerprint density at radius 3 is 2.38 bits per heavy atom. The van der Waals surface area contributed by atoms with E-state index in [4.69, 9.17) is 0 Å². The van der Waals surface area contributed by atoms with Crippen LogP contribution in [-0.4, -0.2) is 47.3 Å². The molecule has 2 fully saturated rings. The highest BCUT2D eigenvalue weighted by molar-refractivity contribution is 4.98. The Balaban J connectivity index is 2.07. The van der Waals surface area contributed by atoms with E-state index in [0.717, 1.165) is 31.3 Å². The molecule has 0 radical (unpaired) electrons. The van der Waals surface area contributed by atoms with E-state index in [-0.39, 0.29) is 12.1 Å². The van der Waals surface area contributed by atoms with Crippen molar-refractivity contribution in [2.45, 2.75) is 89.8 Å². The summed E-state index contributed by atoms with van der Waals surface area (Å²) in [5.74, 6) is 0.732. The molecule has 21 heavy (non-hydrogen) atoms. The minimum absolute atomic E-state index is 0.0223. The molecule has 0 heterocycles. The number of likely N-dealkylation sites (N-methyl/N-ethyl adjacent to an activating group) is 1. The first-order valence-electron chi connectivity index (χ1n) is 9.22. The number of hydrogen-bond acceptors (Lipinski definition) is 3. The molecule has 0 bridgehead atoms. The van der Waals surface area contributed by atoms with Crippen LogP contribution in [0.1, 0.15) is 72.1 Å². The zero-order valence-electron chi connectivity index (χ0n) is 14.4. The smallest absolute Gasteiger partial charge is 0.0613 e. The maximum atomic E-state index is 9.94. The molecule has 2 aliphatic rings. The Bertz CT molecular complexity index is 298. The van der Waals surface area contributed by atoms with Crippen LogP contribution in [0.5, 0.6) is 0 Å². The molecule has 2 rings (SSSR count). The van der Waals surface area contributed by atoms with Gasteiger partial charge in [-0.1, -0.05) is 33.6 Å². The van der Waals surface area contributed by atoms with Gasteiger partial charge in [-0.3, -0.25) is 4.90 Å². The highest BCUT2D eigenvalue weighted by Crippen LogP contribution is 2.35. The van der Waals surface area contributed by atoms with Crippen molar-refractivity contribution in [2.24, 2.45) is 5.92 Å². The van der Waals surface area contributed by atoms with E-state index in [1.54, 1.807) is 0 Å². The third-order valence-electron chi connectivity index (χ3n) is 5.51. The first-order valence-corrected chi connectivity index (χ1v) is 9.22. The van der Waals surface area contributed by atoms with Crippen LogP contribution in [0.4, 0.5) is 0 Å². The second-order valence-electron chi connectivity index (χ2n) is 7.75. The van der Waals surface area contributed by atoms with E-state index in [2.05, 4.69) is 31.0 Å². The highest BCUT2D eigenvalue weighted by Gasteiger charge is 2.39. The molecule has 0 aromatic rings. The fraction of sp³-hybridized carbons (Fsp3) is 1.00. The average molecular weight is 296 g/mol. The summed E-state index contributed by atoms with van der Waals surface area (Å²) in [7, 11) is 0. The maximum absolute atomic E-state index is 9.94. The molecule has 124 valence electrons. The quantitative estimate of drug-likeness (QED) is 0.757. The largest absolute Gasteiger partial charge is 0.394 e. The first-order chi connectivity index (χ1) is 10.1. The van der Waals surface area contributed by atoms with Gasteiger partial charge in [0.15, 0.2) is 0 Å². The highest BCUT2D eigenvalue weighted by atomic mass is 16.3. The van der Waals surface area contributed by atoms with Crippen molar-refractivity contribution in [3.8, 4) is 0 Å². The lowest BCUT2D eigenvalue weighted by Crippen LogP contribution is -2.57. The van der Waals surface area contributed by atoms with Gasteiger partial charge in [0.2, 0.25) is 0 Å².